The molecule has 92 valence electrons. The molecule has 1 amide bonds. The number of aromatic nitrogens is 1. The molecule has 1 fully saturated rings. The average molecular weight is 234 g/mol. The summed E-state index contributed by atoms with van der Waals surface area (Å²) in [5, 5.41) is 0. The normalized spacial score (nSPS) is 14.6. The van der Waals surface area contributed by atoms with Gasteiger partial charge in [-0.25, -0.2) is 0 Å². The topological polar surface area (TPSA) is 53.2 Å². The summed E-state index contributed by atoms with van der Waals surface area (Å²) in [6.07, 6.45) is 4.92. The monoisotopic (exact) mass is 234 g/mol. The number of carbonyl (C=O) groups excluding carboxylic acids is 1. The Morgan fingerprint density at radius 1 is 1.53 bits per heavy atom. The summed E-state index contributed by atoms with van der Waals surface area (Å²) in [7, 11) is 0. The third-order valence-electron chi connectivity index (χ3n) is 2.98. The van der Waals surface area contributed by atoms with Crippen LogP contribution in [0.2, 0.25) is 0 Å². The van der Waals surface area contributed by atoms with Crippen LogP contribution in [-0.2, 0) is 0 Å². The van der Waals surface area contributed by atoms with Crippen molar-refractivity contribution >= 4 is 5.91 Å². The van der Waals surface area contributed by atoms with Gasteiger partial charge in [0.1, 0.15) is 0 Å². The summed E-state index contributed by atoms with van der Waals surface area (Å²) >= 11 is 0. The standard InChI is InChI=1S/C13H18N2O2/c1-2-7-15(9-10-3-4-10)13(17)11-5-6-14-12(16)8-11/h5-6,8,10H,2-4,7,9H2,1H3,(H,14,16). The molecule has 1 heterocycles. The molecular weight excluding hydrogens is 216 g/mol. The summed E-state index contributed by atoms with van der Waals surface area (Å²) in [6, 6.07) is 3.04. The highest BCUT2D eigenvalue weighted by atomic mass is 16.2. The second-order valence-electron chi connectivity index (χ2n) is 4.64. The molecule has 0 saturated heterocycles. The van der Waals surface area contributed by atoms with Gasteiger partial charge in [-0.05, 0) is 31.2 Å². The number of hydrogen-bond donors (Lipinski definition) is 1. The van der Waals surface area contributed by atoms with Crippen LogP contribution in [0.5, 0.6) is 0 Å². The summed E-state index contributed by atoms with van der Waals surface area (Å²) in [5.74, 6) is 0.650. The lowest BCUT2D eigenvalue weighted by Gasteiger charge is -2.21. The summed E-state index contributed by atoms with van der Waals surface area (Å²) < 4.78 is 0. The van der Waals surface area contributed by atoms with Gasteiger partial charge in [-0.3, -0.25) is 9.59 Å². The van der Waals surface area contributed by atoms with Gasteiger partial charge in [0.25, 0.3) is 5.91 Å². The summed E-state index contributed by atoms with van der Waals surface area (Å²) in [4.78, 5) is 27.8. The van der Waals surface area contributed by atoms with Crippen molar-refractivity contribution < 1.29 is 4.79 Å². The molecule has 0 unspecified atom stereocenters. The fraction of sp³-hybridized carbons (Fsp3) is 0.538. The SMILES string of the molecule is CCCN(CC1CC1)C(=O)c1cc[nH]c(=O)c1. The number of pyridine rings is 1. The first-order valence-electron chi connectivity index (χ1n) is 6.18. The molecular formula is C13H18N2O2. The van der Waals surface area contributed by atoms with Crippen LogP contribution in [0.3, 0.4) is 0 Å². The minimum absolute atomic E-state index is 0.0233. The van der Waals surface area contributed by atoms with Crippen LogP contribution in [-0.4, -0.2) is 28.9 Å². The van der Waals surface area contributed by atoms with Crippen LogP contribution in [0, 0.1) is 5.92 Å². The molecule has 0 aliphatic heterocycles. The number of carbonyl (C=O) groups is 1. The van der Waals surface area contributed by atoms with Crippen molar-refractivity contribution in [3.63, 3.8) is 0 Å². The van der Waals surface area contributed by atoms with Crippen molar-refractivity contribution in [3.8, 4) is 0 Å². The zero-order chi connectivity index (χ0) is 12.3. The highest BCUT2D eigenvalue weighted by Crippen LogP contribution is 2.30. The van der Waals surface area contributed by atoms with E-state index >= 15 is 0 Å². The van der Waals surface area contributed by atoms with Gasteiger partial charge in [-0.1, -0.05) is 6.92 Å². The third kappa shape index (κ3) is 3.19. The number of nitrogens with zero attached hydrogens (tertiary/aromatic N) is 1. The van der Waals surface area contributed by atoms with Crippen molar-refractivity contribution in [2.75, 3.05) is 13.1 Å². The molecule has 17 heavy (non-hydrogen) atoms. The Balaban J connectivity index is 2.11. The summed E-state index contributed by atoms with van der Waals surface area (Å²) in [5.41, 5.74) is 0.265. The number of nitrogens with one attached hydrogen (secondary N) is 1. The van der Waals surface area contributed by atoms with E-state index in [1.54, 1.807) is 6.07 Å². The van der Waals surface area contributed by atoms with E-state index in [1.165, 1.54) is 25.1 Å². The van der Waals surface area contributed by atoms with Crippen LogP contribution in [0.1, 0.15) is 36.5 Å². The molecule has 4 nitrogen and oxygen atoms in total. The van der Waals surface area contributed by atoms with E-state index in [9.17, 15) is 9.59 Å². The first-order chi connectivity index (χ1) is 8.20. The van der Waals surface area contributed by atoms with Gasteiger partial charge in [0, 0.05) is 30.9 Å². The Labute approximate surface area is 101 Å². The van der Waals surface area contributed by atoms with E-state index in [2.05, 4.69) is 11.9 Å². The van der Waals surface area contributed by atoms with Gasteiger partial charge in [-0.15, -0.1) is 0 Å². The highest BCUT2D eigenvalue weighted by molar-refractivity contribution is 5.94. The molecule has 4 heteroatoms. The number of H-pyrrole nitrogens is 1. The molecule has 0 atom stereocenters. The van der Waals surface area contributed by atoms with E-state index in [4.69, 9.17) is 0 Å². The van der Waals surface area contributed by atoms with Gasteiger partial charge < -0.3 is 9.88 Å². The van der Waals surface area contributed by atoms with Crippen molar-refractivity contribution in [2.24, 2.45) is 5.92 Å². The van der Waals surface area contributed by atoms with Gasteiger partial charge in [0.2, 0.25) is 5.56 Å². The van der Waals surface area contributed by atoms with E-state index in [-0.39, 0.29) is 11.5 Å². The molecule has 2 rings (SSSR count). The van der Waals surface area contributed by atoms with Crippen molar-refractivity contribution in [1.82, 2.24) is 9.88 Å². The largest absolute Gasteiger partial charge is 0.338 e. The fourth-order valence-corrected chi connectivity index (χ4v) is 1.92. The molecule has 1 aromatic rings. The van der Waals surface area contributed by atoms with Gasteiger partial charge in [0.15, 0.2) is 0 Å². The number of aromatic amines is 1. The second-order valence-corrected chi connectivity index (χ2v) is 4.64. The lowest BCUT2D eigenvalue weighted by atomic mass is 10.2. The van der Waals surface area contributed by atoms with Gasteiger partial charge in [0.05, 0.1) is 0 Å². The lowest BCUT2D eigenvalue weighted by Crippen LogP contribution is -2.34. The molecule has 1 aliphatic rings. The van der Waals surface area contributed by atoms with E-state index < -0.39 is 0 Å². The third-order valence-corrected chi connectivity index (χ3v) is 2.98. The number of rotatable bonds is 5. The molecule has 0 bridgehead atoms. The number of hydrogen-bond acceptors (Lipinski definition) is 2. The predicted molar refractivity (Wildman–Crippen MR) is 66.0 cm³/mol. The van der Waals surface area contributed by atoms with E-state index in [0.717, 1.165) is 19.5 Å². The van der Waals surface area contributed by atoms with Gasteiger partial charge in [-0.2, -0.15) is 0 Å². The van der Waals surface area contributed by atoms with Crippen LogP contribution in [0.25, 0.3) is 0 Å². The van der Waals surface area contributed by atoms with Crippen LogP contribution in [0.4, 0.5) is 0 Å². The van der Waals surface area contributed by atoms with Crippen molar-refractivity contribution in [3.05, 3.63) is 34.2 Å². The van der Waals surface area contributed by atoms with Crippen LogP contribution in [0.15, 0.2) is 23.1 Å². The van der Waals surface area contributed by atoms with Crippen molar-refractivity contribution in [1.29, 1.82) is 0 Å². The van der Waals surface area contributed by atoms with Crippen LogP contribution >= 0.6 is 0 Å². The van der Waals surface area contributed by atoms with E-state index in [0.29, 0.717) is 11.5 Å². The molecule has 0 radical (unpaired) electrons. The zero-order valence-electron chi connectivity index (χ0n) is 10.1. The fourth-order valence-electron chi connectivity index (χ4n) is 1.92. The zero-order valence-corrected chi connectivity index (χ0v) is 10.1. The molecule has 1 aromatic heterocycles. The minimum atomic E-state index is -0.223. The number of amides is 1. The quantitative estimate of drug-likeness (QED) is 0.842. The summed E-state index contributed by atoms with van der Waals surface area (Å²) in [6.45, 7) is 3.66. The van der Waals surface area contributed by atoms with E-state index in [1.807, 2.05) is 4.90 Å². The maximum absolute atomic E-state index is 12.2. The maximum Gasteiger partial charge on any atom is 0.254 e. The Morgan fingerprint density at radius 2 is 2.29 bits per heavy atom. The Hall–Kier alpha value is -1.58. The van der Waals surface area contributed by atoms with Crippen molar-refractivity contribution in [2.45, 2.75) is 26.2 Å². The Bertz CT molecular complexity index is 449. The van der Waals surface area contributed by atoms with Crippen LogP contribution < -0.4 is 5.56 Å². The highest BCUT2D eigenvalue weighted by Gasteiger charge is 2.26. The first-order valence-corrected chi connectivity index (χ1v) is 6.18. The molecule has 1 saturated carbocycles. The Kier molecular flexibility index (Phi) is 3.61. The van der Waals surface area contributed by atoms with Gasteiger partial charge >= 0.3 is 0 Å². The molecule has 1 N–H and O–H groups in total. The predicted octanol–water partition coefficient (Wildman–Crippen LogP) is 1.64. The second kappa shape index (κ2) is 5.17. The first kappa shape index (κ1) is 11.9. The molecule has 0 aromatic carbocycles. The minimum Gasteiger partial charge on any atom is -0.338 e. The lowest BCUT2D eigenvalue weighted by molar-refractivity contribution is 0.0747. The Morgan fingerprint density at radius 3 is 2.88 bits per heavy atom. The average Bonchev–Trinajstić information content (AvgIpc) is 3.11. The molecule has 0 spiro atoms. The smallest absolute Gasteiger partial charge is 0.254 e. The maximum atomic E-state index is 12.2. The molecule has 1 aliphatic carbocycles.